The number of para-hydroxylation sites is 1. The van der Waals surface area contributed by atoms with Crippen molar-refractivity contribution in [1.82, 2.24) is 4.31 Å². The number of benzene rings is 1. The second kappa shape index (κ2) is 8.90. The Morgan fingerprint density at radius 1 is 1.14 bits per heavy atom. The molecule has 1 heterocycles. The second-order valence-electron chi connectivity index (χ2n) is 4.47. The monoisotopic (exact) mass is 328 g/mol. The van der Waals surface area contributed by atoms with E-state index in [0.717, 1.165) is 0 Å². The van der Waals surface area contributed by atoms with Gasteiger partial charge in [0.1, 0.15) is 4.90 Å². The fraction of sp³-hybridized carbons (Fsp3) is 0.562. The SMILES string of the molecule is CC.CC.CC(=O)N1CC(C)N(C)S(=O)(=O)c2ccccc21. The molecule has 5 nitrogen and oxygen atoms in total. The molecule has 0 saturated carbocycles. The molecule has 1 aliphatic heterocycles. The third-order valence-electron chi connectivity index (χ3n) is 3.26. The molecule has 0 spiro atoms. The number of likely N-dealkylation sites (N-methyl/N-ethyl adjacent to an activating group) is 1. The van der Waals surface area contributed by atoms with E-state index in [9.17, 15) is 13.2 Å². The van der Waals surface area contributed by atoms with Gasteiger partial charge in [0.05, 0.1) is 5.69 Å². The first-order chi connectivity index (χ1) is 10.4. The lowest BCUT2D eigenvalue weighted by Crippen LogP contribution is -2.41. The Kier molecular flexibility index (Phi) is 8.34. The highest BCUT2D eigenvalue weighted by Gasteiger charge is 2.35. The minimum absolute atomic E-state index is 0.153. The van der Waals surface area contributed by atoms with Crippen LogP contribution >= 0.6 is 0 Å². The molecule has 126 valence electrons. The van der Waals surface area contributed by atoms with Crippen molar-refractivity contribution in [3.8, 4) is 0 Å². The highest BCUT2D eigenvalue weighted by atomic mass is 32.2. The van der Waals surface area contributed by atoms with Gasteiger partial charge < -0.3 is 4.90 Å². The van der Waals surface area contributed by atoms with Crippen molar-refractivity contribution in [2.24, 2.45) is 0 Å². The molecule has 1 atom stereocenters. The van der Waals surface area contributed by atoms with Gasteiger partial charge in [-0.1, -0.05) is 39.8 Å². The molecule has 1 aliphatic rings. The van der Waals surface area contributed by atoms with E-state index in [0.29, 0.717) is 12.2 Å². The summed E-state index contributed by atoms with van der Waals surface area (Å²) < 4.78 is 26.1. The quantitative estimate of drug-likeness (QED) is 0.735. The Morgan fingerprint density at radius 3 is 2.14 bits per heavy atom. The maximum absolute atomic E-state index is 12.4. The standard InChI is InChI=1S/C12H16N2O3S.2C2H6/c1-9-8-14(10(2)15)11-6-4-5-7-12(11)18(16,17)13(9)3;2*1-2/h4-7,9H,8H2,1-3H3;2*1-2H3. The number of sulfonamides is 1. The molecule has 0 fully saturated rings. The number of anilines is 1. The normalized spacial score (nSPS) is 19.6. The molecule has 0 bridgehead atoms. The van der Waals surface area contributed by atoms with Crippen LogP contribution in [0.5, 0.6) is 0 Å². The summed E-state index contributed by atoms with van der Waals surface area (Å²) >= 11 is 0. The van der Waals surface area contributed by atoms with Gasteiger partial charge >= 0.3 is 0 Å². The van der Waals surface area contributed by atoms with E-state index in [1.807, 2.05) is 27.7 Å². The predicted molar refractivity (Wildman–Crippen MR) is 91.6 cm³/mol. The lowest BCUT2D eigenvalue weighted by atomic mass is 10.2. The van der Waals surface area contributed by atoms with Gasteiger partial charge in [-0.3, -0.25) is 4.79 Å². The Balaban J connectivity index is 0.00000102. The van der Waals surface area contributed by atoms with Gasteiger partial charge in [0.15, 0.2) is 0 Å². The maximum Gasteiger partial charge on any atom is 0.245 e. The molecule has 22 heavy (non-hydrogen) atoms. The minimum Gasteiger partial charge on any atom is -0.310 e. The van der Waals surface area contributed by atoms with Crippen LogP contribution in [-0.4, -0.2) is 38.3 Å². The topological polar surface area (TPSA) is 57.7 Å². The highest BCUT2D eigenvalue weighted by molar-refractivity contribution is 7.89. The Bertz CT molecular complexity index is 585. The van der Waals surface area contributed by atoms with Gasteiger partial charge in [-0.2, -0.15) is 4.31 Å². The molecule has 1 aromatic rings. The predicted octanol–water partition coefficient (Wildman–Crippen LogP) is 3.11. The van der Waals surface area contributed by atoms with Crippen LogP contribution < -0.4 is 4.90 Å². The Hall–Kier alpha value is -1.40. The number of carbonyl (C=O) groups excluding carboxylic acids is 1. The molecular formula is C16H28N2O3S. The first-order valence-electron chi connectivity index (χ1n) is 7.71. The van der Waals surface area contributed by atoms with Crippen LogP contribution in [0, 0.1) is 0 Å². The van der Waals surface area contributed by atoms with Gasteiger partial charge in [-0.15, -0.1) is 0 Å². The molecule has 0 aliphatic carbocycles. The summed E-state index contributed by atoms with van der Waals surface area (Å²) in [7, 11) is -1.99. The average Bonchev–Trinajstić information content (AvgIpc) is 2.61. The number of fused-ring (bicyclic) bond motifs is 1. The highest BCUT2D eigenvalue weighted by Crippen LogP contribution is 2.31. The van der Waals surface area contributed by atoms with E-state index < -0.39 is 10.0 Å². The summed E-state index contributed by atoms with van der Waals surface area (Å²) in [4.78, 5) is 13.4. The van der Waals surface area contributed by atoms with Gasteiger partial charge in [-0.05, 0) is 19.1 Å². The van der Waals surface area contributed by atoms with Crippen molar-refractivity contribution in [2.45, 2.75) is 52.5 Å². The smallest absolute Gasteiger partial charge is 0.245 e. The van der Waals surface area contributed by atoms with Crippen LogP contribution in [0.1, 0.15) is 41.5 Å². The van der Waals surface area contributed by atoms with Crippen LogP contribution in [0.2, 0.25) is 0 Å². The van der Waals surface area contributed by atoms with Crippen molar-refractivity contribution in [1.29, 1.82) is 0 Å². The summed E-state index contributed by atoms with van der Waals surface area (Å²) in [6.07, 6.45) is 0. The van der Waals surface area contributed by atoms with Crippen LogP contribution in [0.25, 0.3) is 0 Å². The zero-order valence-corrected chi connectivity index (χ0v) is 15.4. The van der Waals surface area contributed by atoms with E-state index in [-0.39, 0.29) is 16.8 Å². The van der Waals surface area contributed by atoms with E-state index in [2.05, 4.69) is 0 Å². The van der Waals surface area contributed by atoms with Crippen LogP contribution in [0.15, 0.2) is 29.2 Å². The number of nitrogens with zero attached hydrogens (tertiary/aromatic N) is 2. The first-order valence-corrected chi connectivity index (χ1v) is 9.15. The number of carbonyl (C=O) groups is 1. The molecular weight excluding hydrogens is 300 g/mol. The Morgan fingerprint density at radius 2 is 1.64 bits per heavy atom. The van der Waals surface area contributed by atoms with Crippen LogP contribution in [-0.2, 0) is 14.8 Å². The third kappa shape index (κ3) is 4.08. The summed E-state index contributed by atoms with van der Waals surface area (Å²) in [5.74, 6) is -0.153. The van der Waals surface area contributed by atoms with Crippen molar-refractivity contribution in [3.63, 3.8) is 0 Å². The number of amides is 1. The second-order valence-corrected chi connectivity index (χ2v) is 6.43. The maximum atomic E-state index is 12.4. The fourth-order valence-electron chi connectivity index (χ4n) is 2.07. The third-order valence-corrected chi connectivity index (χ3v) is 5.28. The summed E-state index contributed by atoms with van der Waals surface area (Å²) in [6.45, 7) is 11.6. The molecule has 6 heteroatoms. The van der Waals surface area contributed by atoms with Gasteiger partial charge in [0.25, 0.3) is 0 Å². The first kappa shape index (κ1) is 20.6. The molecule has 2 rings (SSSR count). The fourth-order valence-corrected chi connectivity index (χ4v) is 3.61. The number of hydrogen-bond acceptors (Lipinski definition) is 3. The van der Waals surface area contributed by atoms with E-state index >= 15 is 0 Å². The van der Waals surface area contributed by atoms with E-state index in [1.54, 1.807) is 32.2 Å². The minimum atomic E-state index is -3.53. The molecule has 0 saturated heterocycles. The number of rotatable bonds is 0. The molecule has 0 radical (unpaired) electrons. The lowest BCUT2D eigenvalue weighted by molar-refractivity contribution is -0.116. The molecule has 0 aromatic heterocycles. The summed E-state index contributed by atoms with van der Waals surface area (Å²) in [6, 6.07) is 6.35. The van der Waals surface area contributed by atoms with Crippen molar-refractivity contribution < 1.29 is 13.2 Å². The van der Waals surface area contributed by atoms with Crippen molar-refractivity contribution in [2.75, 3.05) is 18.5 Å². The zero-order valence-electron chi connectivity index (χ0n) is 14.6. The van der Waals surface area contributed by atoms with E-state index in [4.69, 9.17) is 0 Å². The molecule has 1 unspecified atom stereocenters. The number of hydrogen-bond donors (Lipinski definition) is 0. The summed E-state index contributed by atoms with van der Waals surface area (Å²) in [5, 5.41) is 0. The van der Waals surface area contributed by atoms with Crippen molar-refractivity contribution >= 4 is 21.6 Å². The van der Waals surface area contributed by atoms with E-state index in [1.165, 1.54) is 22.2 Å². The zero-order chi connectivity index (χ0) is 17.5. The lowest BCUT2D eigenvalue weighted by Gasteiger charge is -2.24. The average molecular weight is 328 g/mol. The largest absolute Gasteiger partial charge is 0.310 e. The summed E-state index contributed by atoms with van der Waals surface area (Å²) in [5.41, 5.74) is 0.459. The van der Waals surface area contributed by atoms with Crippen LogP contribution in [0.3, 0.4) is 0 Å². The van der Waals surface area contributed by atoms with Gasteiger partial charge in [-0.25, -0.2) is 8.42 Å². The van der Waals surface area contributed by atoms with Crippen LogP contribution in [0.4, 0.5) is 5.69 Å². The van der Waals surface area contributed by atoms with Gasteiger partial charge in [0.2, 0.25) is 15.9 Å². The molecule has 0 N–H and O–H groups in total. The van der Waals surface area contributed by atoms with Crippen molar-refractivity contribution in [3.05, 3.63) is 24.3 Å². The van der Waals surface area contributed by atoms with Gasteiger partial charge in [0, 0.05) is 26.6 Å². The Labute approximate surface area is 135 Å². The molecule has 1 amide bonds. The molecule has 1 aromatic carbocycles.